The van der Waals surface area contributed by atoms with Gasteiger partial charge in [-0.05, 0) is 67.3 Å². The van der Waals surface area contributed by atoms with E-state index in [1.807, 2.05) is 67.6 Å². The molecule has 192 valence electrons. The fourth-order valence-electron chi connectivity index (χ4n) is 5.24. The maximum atomic E-state index is 13.9. The summed E-state index contributed by atoms with van der Waals surface area (Å²) in [4.78, 5) is 13.9. The lowest BCUT2D eigenvalue weighted by atomic mass is 9.78. The van der Waals surface area contributed by atoms with Gasteiger partial charge in [0.2, 0.25) is 0 Å². The van der Waals surface area contributed by atoms with Crippen LogP contribution in [0.4, 0.5) is 11.4 Å². The van der Waals surface area contributed by atoms with Crippen LogP contribution in [0.5, 0.6) is 23.0 Å². The standard InChI is InChI=1S/C30H32N2O5/c1-5-37-27-12-10-18(16-28(27)36-4)19-14-24-29(25(33)15-19)30(32-23-9-7-6-8-22(23)31-24)21-17-20(34-2)11-13-26(21)35-3/h6-13,16-17,19,30-32H,5,14-15H2,1-4H3. The van der Waals surface area contributed by atoms with E-state index in [-0.39, 0.29) is 11.7 Å². The number of para-hydroxylation sites is 2. The number of carbonyl (C=O) groups is 1. The number of hydrogen-bond acceptors (Lipinski definition) is 7. The molecular weight excluding hydrogens is 468 g/mol. The number of ether oxygens (including phenoxy) is 4. The number of fused-ring (bicyclic) bond motifs is 1. The van der Waals surface area contributed by atoms with E-state index in [0.717, 1.165) is 33.8 Å². The van der Waals surface area contributed by atoms with E-state index in [1.165, 1.54) is 0 Å². The topological polar surface area (TPSA) is 78.1 Å². The van der Waals surface area contributed by atoms with Crippen molar-refractivity contribution in [1.29, 1.82) is 0 Å². The Balaban J connectivity index is 1.60. The molecule has 3 aromatic rings. The lowest BCUT2D eigenvalue weighted by Gasteiger charge is -2.30. The third kappa shape index (κ3) is 4.69. The van der Waals surface area contributed by atoms with E-state index in [0.29, 0.717) is 42.4 Å². The quantitative estimate of drug-likeness (QED) is 0.406. The average molecular weight is 501 g/mol. The molecule has 2 unspecified atom stereocenters. The van der Waals surface area contributed by atoms with Gasteiger partial charge >= 0.3 is 0 Å². The molecule has 0 bridgehead atoms. The molecule has 0 spiro atoms. The second-order valence-electron chi connectivity index (χ2n) is 9.12. The number of anilines is 2. The Morgan fingerprint density at radius 2 is 1.59 bits per heavy atom. The molecule has 2 aliphatic rings. The number of methoxy groups -OCH3 is 3. The van der Waals surface area contributed by atoms with Crippen molar-refractivity contribution >= 4 is 17.2 Å². The molecule has 7 heteroatoms. The summed E-state index contributed by atoms with van der Waals surface area (Å²) in [5.41, 5.74) is 5.36. The molecule has 1 aliphatic carbocycles. The van der Waals surface area contributed by atoms with Gasteiger partial charge in [0.05, 0.1) is 45.4 Å². The lowest BCUT2D eigenvalue weighted by Crippen LogP contribution is -2.27. The van der Waals surface area contributed by atoms with Crippen LogP contribution in [-0.4, -0.2) is 33.7 Å². The first-order chi connectivity index (χ1) is 18.1. The largest absolute Gasteiger partial charge is 0.497 e. The molecule has 3 aromatic carbocycles. The zero-order chi connectivity index (χ0) is 25.9. The van der Waals surface area contributed by atoms with Crippen LogP contribution in [-0.2, 0) is 4.79 Å². The summed E-state index contributed by atoms with van der Waals surface area (Å²) in [5.74, 6) is 2.85. The first-order valence-corrected chi connectivity index (χ1v) is 12.5. The zero-order valence-electron chi connectivity index (χ0n) is 21.6. The number of rotatable bonds is 7. The highest BCUT2D eigenvalue weighted by Crippen LogP contribution is 2.47. The summed E-state index contributed by atoms with van der Waals surface area (Å²) < 4.78 is 22.5. The number of Topliss-reactive ketones (excluding diaryl/α,β-unsaturated/α-hetero) is 1. The summed E-state index contributed by atoms with van der Waals surface area (Å²) in [6.07, 6.45) is 1.06. The van der Waals surface area contributed by atoms with Crippen molar-refractivity contribution in [3.63, 3.8) is 0 Å². The van der Waals surface area contributed by atoms with Crippen molar-refractivity contribution in [2.24, 2.45) is 0 Å². The normalized spacial score (nSPS) is 18.5. The summed E-state index contributed by atoms with van der Waals surface area (Å²) in [6, 6.07) is 19.2. The summed E-state index contributed by atoms with van der Waals surface area (Å²) >= 11 is 0. The van der Waals surface area contributed by atoms with Crippen molar-refractivity contribution in [2.75, 3.05) is 38.6 Å². The van der Waals surface area contributed by atoms with Gasteiger partial charge in [0, 0.05) is 23.3 Å². The van der Waals surface area contributed by atoms with Crippen LogP contribution >= 0.6 is 0 Å². The van der Waals surface area contributed by atoms with Gasteiger partial charge in [-0.1, -0.05) is 18.2 Å². The van der Waals surface area contributed by atoms with Crippen molar-refractivity contribution in [2.45, 2.75) is 31.7 Å². The van der Waals surface area contributed by atoms with Gasteiger partial charge in [0.1, 0.15) is 11.5 Å². The van der Waals surface area contributed by atoms with Crippen molar-refractivity contribution in [3.05, 3.63) is 83.1 Å². The second kappa shape index (κ2) is 10.5. The minimum absolute atomic E-state index is 0.00134. The Kier molecular flexibility index (Phi) is 6.95. The van der Waals surface area contributed by atoms with E-state index in [9.17, 15) is 4.79 Å². The minimum atomic E-state index is -0.403. The Hall–Kier alpha value is -4.13. The molecule has 1 heterocycles. The number of ketones is 1. The van der Waals surface area contributed by atoms with Gasteiger partial charge in [-0.2, -0.15) is 0 Å². The summed E-state index contributed by atoms with van der Waals surface area (Å²) in [7, 11) is 4.91. The number of hydrogen-bond donors (Lipinski definition) is 2. The molecule has 0 radical (unpaired) electrons. The molecule has 2 N–H and O–H groups in total. The molecule has 0 fully saturated rings. The van der Waals surface area contributed by atoms with Crippen LogP contribution in [0.3, 0.4) is 0 Å². The Bertz CT molecular complexity index is 1350. The third-order valence-corrected chi connectivity index (χ3v) is 7.02. The third-order valence-electron chi connectivity index (χ3n) is 7.02. The van der Waals surface area contributed by atoms with E-state index >= 15 is 0 Å². The van der Waals surface area contributed by atoms with Crippen LogP contribution in [0.1, 0.15) is 42.9 Å². The molecule has 0 saturated heterocycles. The second-order valence-corrected chi connectivity index (χ2v) is 9.12. The SMILES string of the molecule is CCOc1ccc(C2CC(=O)C3=C(C2)Nc2ccccc2NC3c2cc(OC)ccc2OC)cc1OC. The van der Waals surface area contributed by atoms with Crippen molar-refractivity contribution < 1.29 is 23.7 Å². The number of carbonyl (C=O) groups excluding carboxylic acids is 1. The zero-order valence-corrected chi connectivity index (χ0v) is 21.6. The van der Waals surface area contributed by atoms with Gasteiger partial charge in [-0.15, -0.1) is 0 Å². The maximum Gasteiger partial charge on any atom is 0.163 e. The van der Waals surface area contributed by atoms with E-state index in [4.69, 9.17) is 18.9 Å². The van der Waals surface area contributed by atoms with Gasteiger partial charge in [0.25, 0.3) is 0 Å². The van der Waals surface area contributed by atoms with E-state index in [1.54, 1.807) is 21.3 Å². The molecule has 1 aliphatic heterocycles. The average Bonchev–Trinajstić information content (AvgIpc) is 3.10. The van der Waals surface area contributed by atoms with Crippen LogP contribution in [0.2, 0.25) is 0 Å². The first kappa shape index (κ1) is 24.6. The summed E-state index contributed by atoms with van der Waals surface area (Å²) in [5, 5.41) is 7.20. The van der Waals surface area contributed by atoms with E-state index < -0.39 is 6.04 Å². The maximum absolute atomic E-state index is 13.9. The molecule has 5 rings (SSSR count). The molecule has 0 amide bonds. The molecule has 37 heavy (non-hydrogen) atoms. The highest BCUT2D eigenvalue weighted by atomic mass is 16.5. The lowest BCUT2D eigenvalue weighted by molar-refractivity contribution is -0.116. The monoisotopic (exact) mass is 500 g/mol. The van der Waals surface area contributed by atoms with Gasteiger partial charge in [0.15, 0.2) is 17.3 Å². The fraction of sp³-hybridized carbons (Fsp3) is 0.300. The Morgan fingerprint density at radius 3 is 2.32 bits per heavy atom. The smallest absolute Gasteiger partial charge is 0.163 e. The van der Waals surface area contributed by atoms with Crippen molar-refractivity contribution in [3.8, 4) is 23.0 Å². The molecule has 0 aromatic heterocycles. The van der Waals surface area contributed by atoms with E-state index in [2.05, 4.69) is 10.6 Å². The molecule has 0 saturated carbocycles. The Labute approximate surface area is 217 Å². The van der Waals surface area contributed by atoms with Crippen LogP contribution in [0, 0.1) is 0 Å². The molecule has 7 nitrogen and oxygen atoms in total. The number of allylic oxidation sites excluding steroid dienone is 1. The predicted molar refractivity (Wildman–Crippen MR) is 144 cm³/mol. The predicted octanol–water partition coefficient (Wildman–Crippen LogP) is 6.09. The summed E-state index contributed by atoms with van der Waals surface area (Å²) in [6.45, 7) is 2.50. The number of nitrogens with one attached hydrogen (secondary N) is 2. The van der Waals surface area contributed by atoms with Gasteiger partial charge < -0.3 is 29.6 Å². The molecule has 2 atom stereocenters. The molecular formula is C30H32N2O5. The first-order valence-electron chi connectivity index (χ1n) is 12.5. The van der Waals surface area contributed by atoms with Crippen LogP contribution in [0.25, 0.3) is 0 Å². The van der Waals surface area contributed by atoms with Gasteiger partial charge in [-0.3, -0.25) is 4.79 Å². The highest BCUT2D eigenvalue weighted by Gasteiger charge is 2.37. The Morgan fingerprint density at radius 1 is 0.838 bits per heavy atom. The number of benzene rings is 3. The van der Waals surface area contributed by atoms with Crippen LogP contribution < -0.4 is 29.6 Å². The van der Waals surface area contributed by atoms with Crippen molar-refractivity contribution in [1.82, 2.24) is 0 Å². The minimum Gasteiger partial charge on any atom is -0.497 e. The van der Waals surface area contributed by atoms with Gasteiger partial charge in [-0.25, -0.2) is 0 Å². The van der Waals surface area contributed by atoms with Crippen LogP contribution in [0.15, 0.2) is 71.9 Å². The fourth-order valence-corrected chi connectivity index (χ4v) is 5.24. The highest BCUT2D eigenvalue weighted by molar-refractivity contribution is 6.01.